The minimum Gasteiger partial charge on any atom is -0.326 e. The molecule has 3 rings (SSSR count). The molecule has 100 valence electrons. The normalized spacial score (nSPS) is 30.4. The topological polar surface area (TPSA) is 47.1 Å². The van der Waals surface area contributed by atoms with Crippen LogP contribution in [0.15, 0.2) is 6.20 Å². The molecule has 2 atom stereocenters. The van der Waals surface area contributed by atoms with Crippen molar-refractivity contribution in [2.75, 3.05) is 6.54 Å². The number of likely N-dealkylation sites (tertiary alicyclic amines) is 1. The molecule has 2 fully saturated rings. The first kappa shape index (κ1) is 12.2. The number of nitrogens with zero attached hydrogens (tertiary/aromatic N) is 3. The van der Waals surface area contributed by atoms with Crippen LogP contribution in [-0.4, -0.2) is 33.3 Å². The lowest BCUT2D eigenvalue weighted by atomic mass is 9.97. The first-order valence-electron chi connectivity index (χ1n) is 7.18. The maximum atomic E-state index is 6.47. The fraction of sp³-hybridized carbons (Fsp3) is 0.786. The van der Waals surface area contributed by atoms with E-state index >= 15 is 0 Å². The molecule has 1 saturated heterocycles. The lowest BCUT2D eigenvalue weighted by molar-refractivity contribution is 0.175. The summed E-state index contributed by atoms with van der Waals surface area (Å²) in [6, 6.07) is 1.42. The summed E-state index contributed by atoms with van der Waals surface area (Å²) in [6.45, 7) is 3.36. The molecule has 4 heteroatoms. The third kappa shape index (κ3) is 2.08. The second kappa shape index (κ2) is 4.67. The summed E-state index contributed by atoms with van der Waals surface area (Å²) < 4.78 is 1.97. The zero-order chi connectivity index (χ0) is 12.7. The molecule has 1 saturated carbocycles. The van der Waals surface area contributed by atoms with Gasteiger partial charge in [-0.25, -0.2) is 0 Å². The van der Waals surface area contributed by atoms with Gasteiger partial charge in [-0.05, 0) is 39.2 Å². The van der Waals surface area contributed by atoms with Gasteiger partial charge in [-0.3, -0.25) is 9.58 Å². The maximum Gasteiger partial charge on any atom is 0.0541 e. The molecular weight excluding hydrogens is 224 g/mol. The number of hydrogen-bond acceptors (Lipinski definition) is 3. The zero-order valence-corrected chi connectivity index (χ0v) is 11.5. The number of aryl methyl sites for hydroxylation is 1. The van der Waals surface area contributed by atoms with E-state index in [0.29, 0.717) is 6.04 Å². The molecular formula is C14H24N4. The van der Waals surface area contributed by atoms with E-state index in [1.54, 1.807) is 0 Å². The van der Waals surface area contributed by atoms with Crippen molar-refractivity contribution in [1.29, 1.82) is 0 Å². The third-order valence-electron chi connectivity index (χ3n) is 4.57. The van der Waals surface area contributed by atoms with Gasteiger partial charge in [0.15, 0.2) is 0 Å². The Labute approximate surface area is 109 Å². The van der Waals surface area contributed by atoms with Gasteiger partial charge in [0.25, 0.3) is 0 Å². The fourth-order valence-corrected chi connectivity index (χ4v) is 3.25. The molecule has 2 N–H and O–H groups in total. The van der Waals surface area contributed by atoms with Crippen molar-refractivity contribution in [3.63, 3.8) is 0 Å². The largest absolute Gasteiger partial charge is 0.326 e. The third-order valence-corrected chi connectivity index (χ3v) is 4.57. The Morgan fingerprint density at radius 1 is 1.28 bits per heavy atom. The van der Waals surface area contributed by atoms with Gasteiger partial charge < -0.3 is 5.73 Å². The Balaban J connectivity index is 1.95. The van der Waals surface area contributed by atoms with Gasteiger partial charge in [0.1, 0.15) is 0 Å². The monoisotopic (exact) mass is 248 g/mol. The van der Waals surface area contributed by atoms with Crippen LogP contribution in [0.5, 0.6) is 0 Å². The lowest BCUT2D eigenvalue weighted by Gasteiger charge is -2.33. The highest BCUT2D eigenvalue weighted by molar-refractivity contribution is 5.23. The van der Waals surface area contributed by atoms with E-state index in [1.165, 1.54) is 43.5 Å². The number of aromatic nitrogens is 2. The highest BCUT2D eigenvalue weighted by Crippen LogP contribution is 2.39. The minimum absolute atomic E-state index is 0.260. The highest BCUT2D eigenvalue weighted by atomic mass is 15.3. The maximum absolute atomic E-state index is 6.47. The van der Waals surface area contributed by atoms with Gasteiger partial charge in [-0.1, -0.05) is 6.42 Å². The van der Waals surface area contributed by atoms with Crippen LogP contribution < -0.4 is 5.73 Å². The molecule has 1 aliphatic carbocycles. The van der Waals surface area contributed by atoms with Gasteiger partial charge in [-0.15, -0.1) is 0 Å². The molecule has 0 radical (unpaired) electrons. The quantitative estimate of drug-likeness (QED) is 0.867. The van der Waals surface area contributed by atoms with Crippen LogP contribution in [-0.2, 0) is 7.05 Å². The average Bonchev–Trinajstić information content (AvgIpc) is 3.14. The predicted molar refractivity (Wildman–Crippen MR) is 72.2 cm³/mol. The van der Waals surface area contributed by atoms with Crippen LogP contribution >= 0.6 is 0 Å². The second-order valence-electron chi connectivity index (χ2n) is 5.88. The summed E-state index contributed by atoms with van der Waals surface area (Å²) in [5.41, 5.74) is 9.08. The van der Waals surface area contributed by atoms with Crippen LogP contribution in [0.2, 0.25) is 0 Å². The van der Waals surface area contributed by atoms with Gasteiger partial charge >= 0.3 is 0 Å². The first-order valence-corrected chi connectivity index (χ1v) is 7.18. The molecule has 2 heterocycles. The summed E-state index contributed by atoms with van der Waals surface area (Å²) in [7, 11) is 2.02. The van der Waals surface area contributed by atoms with E-state index in [1.807, 2.05) is 17.9 Å². The minimum atomic E-state index is 0.260. The van der Waals surface area contributed by atoms with E-state index in [9.17, 15) is 0 Å². The van der Waals surface area contributed by atoms with Gasteiger partial charge in [0.05, 0.1) is 12.2 Å². The van der Waals surface area contributed by atoms with E-state index in [0.717, 1.165) is 12.5 Å². The van der Waals surface area contributed by atoms with Crippen LogP contribution in [0.4, 0.5) is 0 Å². The van der Waals surface area contributed by atoms with Crippen LogP contribution in [0.3, 0.4) is 0 Å². The van der Waals surface area contributed by atoms with Crippen LogP contribution in [0.1, 0.15) is 49.4 Å². The average molecular weight is 248 g/mol. The molecule has 1 aliphatic heterocycles. The van der Waals surface area contributed by atoms with Crippen molar-refractivity contribution in [2.45, 2.75) is 57.2 Å². The van der Waals surface area contributed by atoms with E-state index < -0.39 is 0 Å². The molecule has 2 aliphatic rings. The molecule has 0 bridgehead atoms. The van der Waals surface area contributed by atoms with E-state index in [4.69, 9.17) is 5.73 Å². The SMILES string of the molecule is Cc1c(C2C(N)CCCCN2C2CC2)cnn1C. The Morgan fingerprint density at radius 2 is 2.06 bits per heavy atom. The van der Waals surface area contributed by atoms with Crippen molar-refractivity contribution in [3.05, 3.63) is 17.5 Å². The highest BCUT2D eigenvalue weighted by Gasteiger charge is 2.39. The summed E-state index contributed by atoms with van der Waals surface area (Å²) in [5, 5.41) is 4.41. The first-order chi connectivity index (χ1) is 8.68. The molecule has 1 aromatic heterocycles. The van der Waals surface area contributed by atoms with E-state index in [-0.39, 0.29) is 6.04 Å². The Hall–Kier alpha value is -0.870. The predicted octanol–water partition coefficient (Wildman–Crippen LogP) is 1.75. The molecule has 0 spiro atoms. The molecule has 0 aromatic carbocycles. The molecule has 4 nitrogen and oxygen atoms in total. The smallest absolute Gasteiger partial charge is 0.0541 e. The van der Waals surface area contributed by atoms with Crippen LogP contribution in [0, 0.1) is 6.92 Å². The Morgan fingerprint density at radius 3 is 2.67 bits per heavy atom. The number of rotatable bonds is 2. The Bertz CT molecular complexity index is 421. The molecule has 0 amide bonds. The molecule has 2 unspecified atom stereocenters. The second-order valence-corrected chi connectivity index (χ2v) is 5.88. The molecule has 18 heavy (non-hydrogen) atoms. The fourth-order valence-electron chi connectivity index (χ4n) is 3.25. The zero-order valence-electron chi connectivity index (χ0n) is 11.5. The standard InChI is InChI=1S/C14H24N4/c1-10-12(9-16-17(10)2)14-13(15)5-3-4-8-18(14)11-6-7-11/h9,11,13-14H,3-8,15H2,1-2H3. The van der Waals surface area contributed by atoms with Crippen LogP contribution in [0.25, 0.3) is 0 Å². The summed E-state index contributed by atoms with van der Waals surface area (Å²) in [5.74, 6) is 0. The number of nitrogens with two attached hydrogens (primary N) is 1. The van der Waals surface area contributed by atoms with E-state index in [2.05, 4.69) is 16.9 Å². The lowest BCUT2D eigenvalue weighted by Crippen LogP contribution is -2.41. The summed E-state index contributed by atoms with van der Waals surface area (Å²) in [4.78, 5) is 2.65. The number of hydrogen-bond donors (Lipinski definition) is 1. The Kier molecular flexibility index (Phi) is 3.16. The van der Waals surface area contributed by atoms with Crippen molar-refractivity contribution in [3.8, 4) is 0 Å². The van der Waals surface area contributed by atoms with Gasteiger partial charge in [0.2, 0.25) is 0 Å². The molecule has 1 aromatic rings. The van der Waals surface area contributed by atoms with Crippen molar-refractivity contribution in [2.24, 2.45) is 12.8 Å². The van der Waals surface area contributed by atoms with Gasteiger partial charge in [-0.2, -0.15) is 5.10 Å². The van der Waals surface area contributed by atoms with Crippen molar-refractivity contribution < 1.29 is 0 Å². The summed E-state index contributed by atoms with van der Waals surface area (Å²) in [6.07, 6.45) is 8.42. The van der Waals surface area contributed by atoms with Crippen molar-refractivity contribution >= 4 is 0 Å². The van der Waals surface area contributed by atoms with Gasteiger partial charge in [0, 0.05) is 30.4 Å². The van der Waals surface area contributed by atoms with Crippen molar-refractivity contribution in [1.82, 2.24) is 14.7 Å². The summed E-state index contributed by atoms with van der Waals surface area (Å²) >= 11 is 0.